The van der Waals surface area contributed by atoms with Crippen LogP contribution in [0.2, 0.25) is 0 Å². The summed E-state index contributed by atoms with van der Waals surface area (Å²) in [5, 5.41) is 5.48. The molecule has 0 bridgehead atoms. The Morgan fingerprint density at radius 1 is 1.18 bits per heavy atom. The molecule has 2 atom stereocenters. The molecule has 0 saturated carbocycles. The van der Waals surface area contributed by atoms with Crippen LogP contribution in [0.15, 0.2) is 24.3 Å². The van der Waals surface area contributed by atoms with Crippen LogP contribution in [-0.2, 0) is 9.59 Å². The minimum absolute atomic E-state index is 0.332. The normalized spacial score (nSPS) is 20.2. The lowest BCUT2D eigenvalue weighted by molar-refractivity contribution is -0.135. The first-order valence-electron chi connectivity index (χ1n) is 9.96. The van der Waals surface area contributed by atoms with Gasteiger partial charge in [0.25, 0.3) is 5.91 Å². The van der Waals surface area contributed by atoms with Gasteiger partial charge in [0.2, 0.25) is 5.91 Å². The number of carbonyl (C=O) groups excluding carboxylic acids is 3. The van der Waals surface area contributed by atoms with Gasteiger partial charge in [-0.25, -0.2) is 9.18 Å². The third-order valence-electron chi connectivity index (χ3n) is 5.17. The smallest absolute Gasteiger partial charge is 0.325 e. The van der Waals surface area contributed by atoms with Crippen molar-refractivity contribution in [3.63, 3.8) is 0 Å². The van der Waals surface area contributed by atoms with Crippen LogP contribution in [0.5, 0.6) is 0 Å². The number of hydrogen-bond donors (Lipinski definition) is 2. The minimum Gasteiger partial charge on any atom is -0.348 e. The van der Waals surface area contributed by atoms with Crippen molar-refractivity contribution in [3.05, 3.63) is 35.6 Å². The number of benzene rings is 1. The number of nitrogens with one attached hydrogen (secondary N) is 2. The fourth-order valence-corrected chi connectivity index (χ4v) is 3.41. The molecule has 1 aromatic rings. The molecule has 6 nitrogen and oxygen atoms in total. The first-order chi connectivity index (χ1) is 13.3. The molecule has 1 aliphatic rings. The van der Waals surface area contributed by atoms with E-state index in [0.29, 0.717) is 6.42 Å². The first-order valence-corrected chi connectivity index (χ1v) is 9.96. The van der Waals surface area contributed by atoms with Crippen molar-refractivity contribution < 1.29 is 18.8 Å². The Labute approximate surface area is 165 Å². The van der Waals surface area contributed by atoms with Crippen molar-refractivity contribution in [2.75, 3.05) is 6.54 Å². The number of halogens is 1. The van der Waals surface area contributed by atoms with E-state index in [1.54, 1.807) is 26.0 Å². The quantitative estimate of drug-likeness (QED) is 0.472. The van der Waals surface area contributed by atoms with Crippen molar-refractivity contribution in [2.24, 2.45) is 0 Å². The van der Waals surface area contributed by atoms with Crippen LogP contribution in [0.25, 0.3) is 0 Å². The Balaban J connectivity index is 1.88. The van der Waals surface area contributed by atoms with Crippen molar-refractivity contribution in [2.45, 2.75) is 70.9 Å². The molecule has 0 unspecified atom stereocenters. The van der Waals surface area contributed by atoms with Crippen molar-refractivity contribution in [3.8, 4) is 0 Å². The molecule has 1 aliphatic heterocycles. The molecule has 154 valence electrons. The average molecular weight is 391 g/mol. The van der Waals surface area contributed by atoms with Gasteiger partial charge in [0, 0.05) is 0 Å². The first kappa shape index (κ1) is 21.9. The van der Waals surface area contributed by atoms with E-state index in [9.17, 15) is 18.8 Å². The van der Waals surface area contributed by atoms with E-state index in [1.807, 2.05) is 0 Å². The maximum absolute atomic E-state index is 13.0. The summed E-state index contributed by atoms with van der Waals surface area (Å²) < 4.78 is 13.0. The number of urea groups is 1. The molecule has 0 aromatic heterocycles. The Bertz CT molecular complexity index is 707. The maximum atomic E-state index is 13.0. The van der Waals surface area contributed by atoms with Crippen molar-refractivity contribution in [1.29, 1.82) is 0 Å². The van der Waals surface area contributed by atoms with Crippen molar-refractivity contribution in [1.82, 2.24) is 15.5 Å². The number of hydrogen-bond acceptors (Lipinski definition) is 3. The zero-order chi connectivity index (χ0) is 20.7. The number of carbonyl (C=O) groups is 3. The molecule has 2 rings (SSSR count). The molecule has 28 heavy (non-hydrogen) atoms. The van der Waals surface area contributed by atoms with E-state index < -0.39 is 17.5 Å². The monoisotopic (exact) mass is 391 g/mol. The van der Waals surface area contributed by atoms with Crippen LogP contribution in [0.4, 0.5) is 9.18 Å². The van der Waals surface area contributed by atoms with E-state index in [2.05, 4.69) is 17.6 Å². The van der Waals surface area contributed by atoms with Crippen LogP contribution in [0, 0.1) is 5.82 Å². The summed E-state index contributed by atoms with van der Waals surface area (Å²) in [6.45, 7) is 5.28. The molecule has 1 heterocycles. The summed E-state index contributed by atoms with van der Waals surface area (Å²) in [4.78, 5) is 38.2. The predicted octanol–water partition coefficient (Wildman–Crippen LogP) is 3.67. The van der Waals surface area contributed by atoms with Crippen LogP contribution < -0.4 is 10.6 Å². The largest absolute Gasteiger partial charge is 0.348 e. The number of amides is 4. The van der Waals surface area contributed by atoms with Crippen molar-refractivity contribution >= 4 is 17.8 Å². The van der Waals surface area contributed by atoms with Gasteiger partial charge in [-0.15, -0.1) is 0 Å². The zero-order valence-electron chi connectivity index (χ0n) is 16.9. The highest BCUT2D eigenvalue weighted by Crippen LogP contribution is 2.24. The van der Waals surface area contributed by atoms with Crippen LogP contribution >= 0.6 is 0 Å². The van der Waals surface area contributed by atoms with E-state index in [0.717, 1.165) is 42.6 Å². The third-order valence-corrected chi connectivity index (χ3v) is 5.17. The van der Waals surface area contributed by atoms with Gasteiger partial charge in [-0.1, -0.05) is 51.2 Å². The number of rotatable bonds is 10. The number of nitrogens with zero attached hydrogens (tertiary/aromatic N) is 1. The van der Waals surface area contributed by atoms with E-state index in [4.69, 9.17) is 0 Å². The summed E-state index contributed by atoms with van der Waals surface area (Å²) in [7, 11) is 0. The second kappa shape index (κ2) is 9.66. The molecule has 2 N–H and O–H groups in total. The van der Waals surface area contributed by atoms with Crippen LogP contribution in [-0.4, -0.2) is 34.8 Å². The van der Waals surface area contributed by atoms with Gasteiger partial charge < -0.3 is 10.6 Å². The van der Waals surface area contributed by atoms with E-state index >= 15 is 0 Å². The highest BCUT2D eigenvalue weighted by atomic mass is 19.1. The van der Waals surface area contributed by atoms with E-state index in [-0.39, 0.29) is 24.3 Å². The lowest BCUT2D eigenvalue weighted by Crippen LogP contribution is -2.45. The second-order valence-corrected chi connectivity index (χ2v) is 7.66. The predicted molar refractivity (Wildman–Crippen MR) is 105 cm³/mol. The Kier molecular flexibility index (Phi) is 7.54. The lowest BCUT2D eigenvalue weighted by Gasteiger charge is -2.22. The van der Waals surface area contributed by atoms with Gasteiger partial charge in [0.15, 0.2) is 0 Å². The van der Waals surface area contributed by atoms with E-state index in [1.165, 1.54) is 12.1 Å². The third kappa shape index (κ3) is 5.53. The number of imide groups is 1. The van der Waals surface area contributed by atoms with Crippen LogP contribution in [0.3, 0.4) is 0 Å². The molecule has 1 fully saturated rings. The van der Waals surface area contributed by atoms with Gasteiger partial charge in [0.1, 0.15) is 17.9 Å². The maximum Gasteiger partial charge on any atom is 0.325 e. The van der Waals surface area contributed by atoms with Gasteiger partial charge in [0.05, 0.1) is 6.04 Å². The summed E-state index contributed by atoms with van der Waals surface area (Å²) in [6.07, 6.45) is 5.85. The average Bonchev–Trinajstić information content (AvgIpc) is 2.85. The highest BCUT2D eigenvalue weighted by Gasteiger charge is 2.47. The Morgan fingerprint density at radius 2 is 1.82 bits per heavy atom. The summed E-state index contributed by atoms with van der Waals surface area (Å²) in [6, 6.07) is 4.92. The van der Waals surface area contributed by atoms with Gasteiger partial charge in [-0.2, -0.15) is 0 Å². The van der Waals surface area contributed by atoms with Gasteiger partial charge in [-0.3, -0.25) is 14.5 Å². The molecule has 0 aliphatic carbocycles. The second-order valence-electron chi connectivity index (χ2n) is 7.66. The van der Waals surface area contributed by atoms with Gasteiger partial charge in [-0.05, 0) is 38.0 Å². The molecule has 0 spiro atoms. The molecular formula is C21H30FN3O3. The minimum atomic E-state index is -0.952. The summed E-state index contributed by atoms with van der Waals surface area (Å²) >= 11 is 0. The van der Waals surface area contributed by atoms with Crippen LogP contribution in [0.1, 0.15) is 70.9 Å². The fourth-order valence-electron chi connectivity index (χ4n) is 3.41. The molecule has 4 amide bonds. The molecule has 7 heteroatoms. The zero-order valence-corrected chi connectivity index (χ0v) is 16.9. The topological polar surface area (TPSA) is 78.5 Å². The summed E-state index contributed by atoms with van der Waals surface area (Å²) in [5.74, 6) is -1.15. The molecule has 1 saturated heterocycles. The Morgan fingerprint density at radius 3 is 2.46 bits per heavy atom. The highest BCUT2D eigenvalue weighted by molar-refractivity contribution is 6.08. The summed E-state index contributed by atoms with van der Waals surface area (Å²) in [5.41, 5.74) is -0.213. The standard InChI is InChI=1S/C21H30FN3O3/c1-4-5-6-7-8-13-21(3)19(27)25(20(28)24-21)14-18(26)23-15(2)16-9-11-17(22)12-10-16/h9-12,15H,4-8,13-14H2,1-3H3,(H,23,26)(H,24,28)/t15-,21+/m1/s1. The molecular weight excluding hydrogens is 361 g/mol. The lowest BCUT2D eigenvalue weighted by atomic mass is 9.94. The Hall–Kier alpha value is -2.44. The molecule has 1 aromatic carbocycles. The van der Waals surface area contributed by atoms with Gasteiger partial charge >= 0.3 is 6.03 Å². The molecule has 0 radical (unpaired) electrons. The SMILES string of the molecule is CCCCCCC[C@]1(C)NC(=O)N(CC(=O)N[C@H](C)c2ccc(F)cc2)C1=O. The number of unbranched alkanes of at least 4 members (excludes halogenated alkanes) is 4. The fraction of sp³-hybridized carbons (Fsp3) is 0.571.